The van der Waals surface area contributed by atoms with Crippen molar-refractivity contribution >= 4 is 35.4 Å². The van der Waals surface area contributed by atoms with Crippen molar-refractivity contribution in [1.29, 1.82) is 0 Å². The first kappa shape index (κ1) is 19.9. The first-order valence-electron chi connectivity index (χ1n) is 8.59. The Morgan fingerprint density at radius 2 is 1.69 bits per heavy atom. The first-order chi connectivity index (χ1) is 12.1. The van der Waals surface area contributed by atoms with Crippen molar-refractivity contribution in [2.45, 2.75) is 0 Å². The van der Waals surface area contributed by atoms with Crippen molar-refractivity contribution in [1.82, 2.24) is 4.90 Å². The van der Waals surface area contributed by atoms with E-state index in [0.29, 0.717) is 16.9 Å². The highest BCUT2D eigenvalue weighted by Crippen LogP contribution is 2.23. The van der Waals surface area contributed by atoms with Crippen LogP contribution in [-0.4, -0.2) is 50.1 Å². The molecule has 0 bridgehead atoms. The highest BCUT2D eigenvalue weighted by atomic mass is 35.5. The maximum Gasteiger partial charge on any atom is 0.250 e. The van der Waals surface area contributed by atoms with Crippen LogP contribution in [0.5, 0.6) is 0 Å². The molecular weight excluding hydrogens is 350 g/mol. The monoisotopic (exact) mass is 375 g/mol. The van der Waals surface area contributed by atoms with Crippen molar-refractivity contribution in [3.63, 3.8) is 0 Å². The molecule has 1 saturated heterocycles. The number of nitrogen functional groups attached to an aromatic ring is 1. The summed E-state index contributed by atoms with van der Waals surface area (Å²) in [5.74, 6) is -0.466. The lowest BCUT2D eigenvalue weighted by Gasteiger charge is -2.36. The topological polar surface area (TPSA) is 87.6 Å². The van der Waals surface area contributed by atoms with Gasteiger partial charge in [0.2, 0.25) is 0 Å². The quantitative estimate of drug-likeness (QED) is 0.672. The summed E-state index contributed by atoms with van der Waals surface area (Å²) in [5.41, 5.74) is 14.3. The van der Waals surface area contributed by atoms with Crippen LogP contribution in [0, 0.1) is 0 Å². The van der Waals surface area contributed by atoms with E-state index < -0.39 is 5.91 Å². The zero-order valence-corrected chi connectivity index (χ0v) is 15.5. The molecule has 0 unspecified atom stereocenters. The molecule has 0 saturated carbocycles. The number of nitrogens with two attached hydrogens (primary N) is 2. The molecule has 3 rings (SSSR count). The van der Waals surface area contributed by atoms with E-state index in [4.69, 9.17) is 11.5 Å². The molecule has 26 heavy (non-hydrogen) atoms. The second kappa shape index (κ2) is 9.31. The van der Waals surface area contributed by atoms with Gasteiger partial charge in [0.25, 0.3) is 5.91 Å². The van der Waals surface area contributed by atoms with Gasteiger partial charge in [-0.3, -0.25) is 9.69 Å². The molecule has 0 radical (unpaired) electrons. The van der Waals surface area contributed by atoms with Crippen LogP contribution in [0.4, 0.5) is 17.1 Å². The number of nitrogens with zero attached hydrogens (tertiary/aromatic N) is 2. The minimum absolute atomic E-state index is 0. The molecule has 5 N–H and O–H groups in total. The van der Waals surface area contributed by atoms with Crippen molar-refractivity contribution in [2.24, 2.45) is 5.73 Å². The predicted molar refractivity (Wildman–Crippen MR) is 110 cm³/mol. The SMILES string of the molecule is Cl.NC(=O)c1cccc(N)c1NCCN1CCN(c2ccccc2)CC1. The summed E-state index contributed by atoms with van der Waals surface area (Å²) in [5, 5.41) is 3.27. The predicted octanol–water partition coefficient (Wildman–Crippen LogP) is 2.02. The highest BCUT2D eigenvalue weighted by molar-refractivity contribution is 6.01. The molecule has 0 aliphatic carbocycles. The third-order valence-electron chi connectivity index (χ3n) is 4.59. The number of benzene rings is 2. The maximum atomic E-state index is 11.5. The van der Waals surface area contributed by atoms with Crippen LogP contribution in [0.1, 0.15) is 10.4 Å². The number of amides is 1. The van der Waals surface area contributed by atoms with Crippen molar-refractivity contribution < 1.29 is 4.79 Å². The number of carbonyl (C=O) groups is 1. The molecule has 0 aromatic heterocycles. The van der Waals surface area contributed by atoms with Gasteiger partial charge < -0.3 is 21.7 Å². The Hall–Kier alpha value is -2.44. The van der Waals surface area contributed by atoms with Gasteiger partial charge in [-0.25, -0.2) is 0 Å². The molecule has 2 aromatic rings. The summed E-state index contributed by atoms with van der Waals surface area (Å²) >= 11 is 0. The van der Waals surface area contributed by atoms with Crippen LogP contribution < -0.4 is 21.7 Å². The fourth-order valence-corrected chi connectivity index (χ4v) is 3.18. The van der Waals surface area contributed by atoms with Gasteiger partial charge in [0.1, 0.15) is 0 Å². The zero-order valence-electron chi connectivity index (χ0n) is 14.7. The normalized spacial score (nSPS) is 14.5. The van der Waals surface area contributed by atoms with Gasteiger partial charge in [-0.1, -0.05) is 24.3 Å². The van der Waals surface area contributed by atoms with E-state index in [1.165, 1.54) is 5.69 Å². The number of hydrogen-bond acceptors (Lipinski definition) is 5. The van der Waals surface area contributed by atoms with Crippen molar-refractivity contribution in [3.8, 4) is 0 Å². The number of rotatable bonds is 6. The average molecular weight is 376 g/mol. The summed E-state index contributed by atoms with van der Waals surface area (Å²) in [7, 11) is 0. The van der Waals surface area contributed by atoms with Gasteiger partial charge in [0, 0.05) is 45.0 Å². The molecular formula is C19H26ClN5O. The van der Waals surface area contributed by atoms with Crippen LogP contribution in [0.25, 0.3) is 0 Å². The van der Waals surface area contributed by atoms with Gasteiger partial charge in [0.15, 0.2) is 0 Å². The smallest absolute Gasteiger partial charge is 0.250 e. The Balaban J connectivity index is 0.00000243. The van der Waals surface area contributed by atoms with Crippen LogP contribution in [-0.2, 0) is 0 Å². The van der Waals surface area contributed by atoms with Crippen LogP contribution in [0.15, 0.2) is 48.5 Å². The van der Waals surface area contributed by atoms with E-state index in [2.05, 4.69) is 39.4 Å². The lowest BCUT2D eigenvalue weighted by molar-refractivity contribution is 0.100. The zero-order chi connectivity index (χ0) is 17.6. The molecule has 1 aliphatic rings. The minimum atomic E-state index is -0.466. The standard InChI is InChI=1S/C19H25N5O.ClH/c20-17-8-4-7-16(19(21)25)18(17)22-9-10-23-11-13-24(14-12-23)15-5-2-1-3-6-15;/h1-8,22H,9-14,20H2,(H2,21,25);1H. The molecule has 7 heteroatoms. The van der Waals surface area contributed by atoms with Gasteiger partial charge in [0.05, 0.1) is 16.9 Å². The molecule has 0 atom stereocenters. The van der Waals surface area contributed by atoms with E-state index in [1.54, 1.807) is 18.2 Å². The maximum absolute atomic E-state index is 11.5. The summed E-state index contributed by atoms with van der Waals surface area (Å²) in [6.07, 6.45) is 0. The summed E-state index contributed by atoms with van der Waals surface area (Å²) in [6.45, 7) is 5.69. The Morgan fingerprint density at radius 3 is 2.35 bits per heavy atom. The number of primary amides is 1. The number of para-hydroxylation sites is 2. The molecule has 1 aliphatic heterocycles. The van der Waals surface area contributed by atoms with Gasteiger partial charge >= 0.3 is 0 Å². The molecule has 1 amide bonds. The average Bonchev–Trinajstić information content (AvgIpc) is 2.64. The van der Waals surface area contributed by atoms with E-state index in [0.717, 1.165) is 39.3 Å². The van der Waals surface area contributed by atoms with Crippen LogP contribution in [0.3, 0.4) is 0 Å². The van der Waals surface area contributed by atoms with E-state index in [-0.39, 0.29) is 12.4 Å². The van der Waals surface area contributed by atoms with Crippen LogP contribution >= 0.6 is 12.4 Å². The van der Waals surface area contributed by atoms with E-state index >= 15 is 0 Å². The van der Waals surface area contributed by atoms with E-state index in [9.17, 15) is 4.79 Å². The van der Waals surface area contributed by atoms with Gasteiger partial charge in [-0.05, 0) is 24.3 Å². The Bertz CT molecular complexity index is 717. The highest BCUT2D eigenvalue weighted by Gasteiger charge is 2.17. The van der Waals surface area contributed by atoms with Crippen LogP contribution in [0.2, 0.25) is 0 Å². The number of hydrogen-bond donors (Lipinski definition) is 3. The Kier molecular flexibility index (Phi) is 7.12. The lowest BCUT2D eigenvalue weighted by Crippen LogP contribution is -2.47. The third-order valence-corrected chi connectivity index (χ3v) is 4.59. The molecule has 140 valence electrons. The van der Waals surface area contributed by atoms with Gasteiger partial charge in [-0.2, -0.15) is 0 Å². The fraction of sp³-hybridized carbons (Fsp3) is 0.316. The minimum Gasteiger partial charge on any atom is -0.397 e. The second-order valence-corrected chi connectivity index (χ2v) is 6.23. The summed E-state index contributed by atoms with van der Waals surface area (Å²) in [6, 6.07) is 15.7. The molecule has 1 fully saturated rings. The number of nitrogens with one attached hydrogen (secondary N) is 1. The largest absolute Gasteiger partial charge is 0.397 e. The lowest BCUT2D eigenvalue weighted by atomic mass is 10.1. The number of anilines is 3. The molecule has 6 nitrogen and oxygen atoms in total. The van der Waals surface area contributed by atoms with Gasteiger partial charge in [-0.15, -0.1) is 12.4 Å². The number of carbonyl (C=O) groups excluding carboxylic acids is 1. The number of halogens is 1. The Morgan fingerprint density at radius 1 is 1.00 bits per heavy atom. The molecule has 0 spiro atoms. The number of piperazine rings is 1. The third kappa shape index (κ3) is 4.80. The Labute approximate surface area is 160 Å². The second-order valence-electron chi connectivity index (χ2n) is 6.23. The summed E-state index contributed by atoms with van der Waals surface area (Å²) in [4.78, 5) is 16.3. The van der Waals surface area contributed by atoms with E-state index in [1.807, 2.05) is 6.07 Å². The summed E-state index contributed by atoms with van der Waals surface area (Å²) < 4.78 is 0. The molecule has 1 heterocycles. The van der Waals surface area contributed by atoms with Crippen molar-refractivity contribution in [2.75, 3.05) is 55.2 Å². The fourth-order valence-electron chi connectivity index (χ4n) is 3.18. The molecule has 2 aromatic carbocycles. The van der Waals surface area contributed by atoms with Crippen molar-refractivity contribution in [3.05, 3.63) is 54.1 Å². The first-order valence-corrected chi connectivity index (χ1v) is 8.59.